The Morgan fingerprint density at radius 3 is 2.65 bits per heavy atom. The number of carbonyl (C=O) groups excluding carboxylic acids is 1. The number of piperidine rings is 1. The van der Waals surface area contributed by atoms with Crippen molar-refractivity contribution >= 4 is 22.9 Å². The number of amides is 1. The number of nitrogens with zero attached hydrogens (tertiary/aromatic N) is 1. The van der Waals surface area contributed by atoms with Gasteiger partial charge in [-0.25, -0.2) is 0 Å². The lowest BCUT2D eigenvalue weighted by Gasteiger charge is -2.29. The highest BCUT2D eigenvalue weighted by atomic mass is 32.1. The lowest BCUT2D eigenvalue weighted by Crippen LogP contribution is -2.35. The van der Waals surface area contributed by atoms with Gasteiger partial charge in [0.1, 0.15) is 11.9 Å². The van der Waals surface area contributed by atoms with E-state index in [4.69, 9.17) is 4.74 Å². The minimum absolute atomic E-state index is 0.0106. The van der Waals surface area contributed by atoms with Crippen LogP contribution >= 0.6 is 11.3 Å². The van der Waals surface area contributed by atoms with E-state index in [1.165, 1.54) is 0 Å². The average molecular weight is 330 g/mol. The third-order valence-corrected chi connectivity index (χ3v) is 4.90. The second kappa shape index (κ2) is 7.62. The van der Waals surface area contributed by atoms with Crippen molar-refractivity contribution in [3.8, 4) is 5.75 Å². The van der Waals surface area contributed by atoms with Crippen molar-refractivity contribution in [3.05, 3.63) is 46.7 Å². The first-order valence-electron chi connectivity index (χ1n) is 7.96. The van der Waals surface area contributed by atoms with Crippen LogP contribution in [0.5, 0.6) is 5.75 Å². The fraction of sp³-hybridized carbons (Fsp3) is 0.389. The Labute approximate surface area is 141 Å². The van der Waals surface area contributed by atoms with Crippen LogP contribution in [0.1, 0.15) is 17.7 Å². The van der Waals surface area contributed by atoms with Gasteiger partial charge in [0, 0.05) is 23.7 Å². The van der Waals surface area contributed by atoms with E-state index in [1.54, 1.807) is 11.3 Å². The Bertz CT molecular complexity index is 617. The van der Waals surface area contributed by atoms with Crippen LogP contribution in [-0.4, -0.2) is 37.0 Å². The molecule has 0 radical (unpaired) electrons. The average Bonchev–Trinajstić information content (AvgIpc) is 3.04. The first kappa shape index (κ1) is 16.0. The van der Waals surface area contributed by atoms with Gasteiger partial charge in [-0.15, -0.1) is 11.3 Å². The van der Waals surface area contributed by atoms with Crippen molar-refractivity contribution in [1.82, 2.24) is 4.90 Å². The Hall–Kier alpha value is -1.85. The lowest BCUT2D eigenvalue weighted by atomic mass is 10.1. The van der Waals surface area contributed by atoms with E-state index >= 15 is 0 Å². The molecule has 0 bridgehead atoms. The van der Waals surface area contributed by atoms with Crippen molar-refractivity contribution < 1.29 is 9.53 Å². The summed E-state index contributed by atoms with van der Waals surface area (Å²) in [5.74, 6) is 0.882. The van der Waals surface area contributed by atoms with E-state index in [2.05, 4.69) is 17.3 Å². The highest BCUT2D eigenvalue weighted by Gasteiger charge is 2.17. The largest absolute Gasteiger partial charge is 0.490 e. The molecule has 122 valence electrons. The minimum atomic E-state index is 0.0106. The van der Waals surface area contributed by atoms with Crippen LogP contribution in [0.4, 0.5) is 5.69 Å². The normalized spacial score (nSPS) is 16.2. The van der Waals surface area contributed by atoms with Crippen molar-refractivity contribution in [3.63, 3.8) is 0 Å². The summed E-state index contributed by atoms with van der Waals surface area (Å²) in [5, 5.41) is 4.91. The summed E-state index contributed by atoms with van der Waals surface area (Å²) in [6.45, 7) is 2.17. The quantitative estimate of drug-likeness (QED) is 0.913. The number of nitrogens with one attached hydrogen (secondary N) is 1. The lowest BCUT2D eigenvalue weighted by molar-refractivity contribution is -0.115. The van der Waals surface area contributed by atoms with Gasteiger partial charge in [0.05, 0.1) is 6.42 Å². The van der Waals surface area contributed by atoms with Gasteiger partial charge in [-0.1, -0.05) is 6.07 Å². The van der Waals surface area contributed by atoms with E-state index in [0.29, 0.717) is 12.5 Å². The molecule has 3 rings (SSSR count). The summed E-state index contributed by atoms with van der Waals surface area (Å²) in [7, 11) is 2.14. The van der Waals surface area contributed by atoms with Crippen molar-refractivity contribution in [2.24, 2.45) is 0 Å². The fourth-order valence-electron chi connectivity index (χ4n) is 2.69. The van der Waals surface area contributed by atoms with Gasteiger partial charge >= 0.3 is 0 Å². The second-order valence-electron chi connectivity index (χ2n) is 5.95. The molecule has 1 aromatic carbocycles. The molecule has 0 atom stereocenters. The SMILES string of the molecule is CN1CCC(Oc2ccc(NC(=O)Cc3cccs3)cc2)CC1. The van der Waals surface area contributed by atoms with Crippen molar-refractivity contribution in [2.45, 2.75) is 25.4 Å². The number of carbonyl (C=O) groups is 1. The first-order valence-corrected chi connectivity index (χ1v) is 8.84. The van der Waals surface area contributed by atoms with Gasteiger partial charge in [-0.05, 0) is 55.6 Å². The monoisotopic (exact) mass is 330 g/mol. The van der Waals surface area contributed by atoms with E-state index in [9.17, 15) is 4.79 Å². The Morgan fingerprint density at radius 1 is 1.26 bits per heavy atom. The van der Waals surface area contributed by atoms with Gasteiger partial charge < -0.3 is 15.0 Å². The number of hydrogen-bond acceptors (Lipinski definition) is 4. The molecule has 1 aromatic heterocycles. The Morgan fingerprint density at radius 2 is 2.00 bits per heavy atom. The van der Waals surface area contributed by atoms with E-state index < -0.39 is 0 Å². The van der Waals surface area contributed by atoms with Crippen LogP contribution < -0.4 is 10.1 Å². The molecular formula is C18H22N2O2S. The third kappa shape index (κ3) is 4.81. The molecule has 1 N–H and O–H groups in total. The van der Waals surface area contributed by atoms with Gasteiger partial charge in [0.25, 0.3) is 0 Å². The molecule has 0 saturated carbocycles. The Kier molecular flexibility index (Phi) is 5.31. The maximum absolute atomic E-state index is 12.0. The third-order valence-electron chi connectivity index (χ3n) is 4.02. The number of rotatable bonds is 5. The molecule has 0 unspecified atom stereocenters. The highest BCUT2D eigenvalue weighted by Crippen LogP contribution is 2.21. The second-order valence-corrected chi connectivity index (χ2v) is 6.98. The number of ether oxygens (including phenoxy) is 1. The number of anilines is 1. The topological polar surface area (TPSA) is 41.6 Å². The van der Waals surface area contributed by atoms with Crippen LogP contribution in [0, 0.1) is 0 Å². The molecule has 1 saturated heterocycles. The predicted octanol–water partition coefficient (Wildman–Crippen LogP) is 3.40. The van der Waals surface area contributed by atoms with Crippen LogP contribution in [0.25, 0.3) is 0 Å². The van der Waals surface area contributed by atoms with Crippen LogP contribution in [-0.2, 0) is 11.2 Å². The molecule has 2 heterocycles. The van der Waals surface area contributed by atoms with E-state index in [-0.39, 0.29) is 5.91 Å². The maximum Gasteiger partial charge on any atom is 0.229 e. The Balaban J connectivity index is 1.49. The number of benzene rings is 1. The van der Waals surface area contributed by atoms with Gasteiger partial charge in [-0.3, -0.25) is 4.79 Å². The summed E-state index contributed by atoms with van der Waals surface area (Å²) < 4.78 is 6.01. The standard InChI is InChI=1S/C18H22N2O2S/c1-20-10-8-16(9-11-20)22-15-6-4-14(5-7-15)19-18(21)13-17-3-2-12-23-17/h2-7,12,16H,8-11,13H2,1H3,(H,19,21). The minimum Gasteiger partial charge on any atom is -0.490 e. The van der Waals surface area contributed by atoms with Crippen molar-refractivity contribution in [2.75, 3.05) is 25.5 Å². The molecule has 23 heavy (non-hydrogen) atoms. The summed E-state index contributed by atoms with van der Waals surface area (Å²) >= 11 is 1.60. The molecule has 0 spiro atoms. The molecular weight excluding hydrogens is 308 g/mol. The first-order chi connectivity index (χ1) is 11.2. The summed E-state index contributed by atoms with van der Waals surface area (Å²) in [5.41, 5.74) is 0.808. The zero-order valence-corrected chi connectivity index (χ0v) is 14.1. The van der Waals surface area contributed by atoms with Gasteiger partial charge in [-0.2, -0.15) is 0 Å². The molecule has 1 aliphatic heterocycles. The number of likely N-dealkylation sites (tertiary alicyclic amines) is 1. The van der Waals surface area contributed by atoms with E-state index in [0.717, 1.165) is 42.2 Å². The van der Waals surface area contributed by atoms with Crippen LogP contribution in [0.2, 0.25) is 0 Å². The molecule has 1 amide bonds. The molecule has 4 nitrogen and oxygen atoms in total. The fourth-order valence-corrected chi connectivity index (χ4v) is 3.39. The van der Waals surface area contributed by atoms with Crippen molar-refractivity contribution in [1.29, 1.82) is 0 Å². The molecule has 0 aliphatic carbocycles. The molecule has 2 aromatic rings. The van der Waals surface area contributed by atoms with Crippen LogP contribution in [0.3, 0.4) is 0 Å². The summed E-state index contributed by atoms with van der Waals surface area (Å²) in [6.07, 6.45) is 2.85. The van der Waals surface area contributed by atoms with Gasteiger partial charge in [0.15, 0.2) is 0 Å². The highest BCUT2D eigenvalue weighted by molar-refractivity contribution is 7.10. The number of hydrogen-bond donors (Lipinski definition) is 1. The summed E-state index contributed by atoms with van der Waals surface area (Å²) in [6, 6.07) is 11.6. The molecule has 1 aliphatic rings. The van der Waals surface area contributed by atoms with Crippen LogP contribution in [0.15, 0.2) is 41.8 Å². The predicted molar refractivity (Wildman–Crippen MR) is 94.2 cm³/mol. The molecule has 5 heteroatoms. The molecule has 1 fully saturated rings. The zero-order valence-electron chi connectivity index (χ0n) is 13.3. The maximum atomic E-state index is 12.0. The smallest absolute Gasteiger partial charge is 0.229 e. The van der Waals surface area contributed by atoms with E-state index in [1.807, 2.05) is 41.8 Å². The zero-order chi connectivity index (χ0) is 16.1. The number of thiophene rings is 1. The van der Waals surface area contributed by atoms with Gasteiger partial charge in [0.2, 0.25) is 5.91 Å². The summed E-state index contributed by atoms with van der Waals surface area (Å²) in [4.78, 5) is 15.4.